The SMILES string of the molecule is Nc1ncc(-c2cnc3ccccc3c2)s1. The Balaban J connectivity index is 2.18. The lowest BCUT2D eigenvalue weighted by molar-refractivity contribution is 1.40. The van der Waals surface area contributed by atoms with E-state index in [0.717, 1.165) is 21.3 Å². The van der Waals surface area contributed by atoms with Crippen LogP contribution in [0.3, 0.4) is 0 Å². The lowest BCUT2D eigenvalue weighted by Gasteiger charge is -1.99. The van der Waals surface area contributed by atoms with Crippen molar-refractivity contribution in [1.29, 1.82) is 0 Å². The van der Waals surface area contributed by atoms with Gasteiger partial charge < -0.3 is 5.73 Å². The Morgan fingerprint density at radius 2 is 1.94 bits per heavy atom. The van der Waals surface area contributed by atoms with Gasteiger partial charge in [-0.2, -0.15) is 0 Å². The highest BCUT2D eigenvalue weighted by Gasteiger charge is 2.03. The Bertz CT molecular complexity index is 645. The zero-order chi connectivity index (χ0) is 11.0. The third-order valence-corrected chi connectivity index (χ3v) is 3.27. The fourth-order valence-electron chi connectivity index (χ4n) is 1.63. The Kier molecular flexibility index (Phi) is 2.08. The van der Waals surface area contributed by atoms with Gasteiger partial charge in [0.1, 0.15) is 0 Å². The number of fused-ring (bicyclic) bond motifs is 1. The van der Waals surface area contributed by atoms with Gasteiger partial charge in [-0.1, -0.05) is 29.5 Å². The Hall–Kier alpha value is -1.94. The molecule has 1 aromatic carbocycles. The maximum Gasteiger partial charge on any atom is 0.180 e. The molecule has 0 saturated carbocycles. The van der Waals surface area contributed by atoms with Gasteiger partial charge >= 0.3 is 0 Å². The second-order valence-electron chi connectivity index (χ2n) is 3.48. The van der Waals surface area contributed by atoms with E-state index in [1.54, 1.807) is 6.20 Å². The van der Waals surface area contributed by atoms with Crippen LogP contribution in [0.15, 0.2) is 42.7 Å². The highest BCUT2D eigenvalue weighted by Crippen LogP contribution is 2.28. The minimum Gasteiger partial charge on any atom is -0.375 e. The Morgan fingerprint density at radius 3 is 2.75 bits per heavy atom. The first-order valence-corrected chi connectivity index (χ1v) is 5.71. The fraction of sp³-hybridized carbons (Fsp3) is 0. The van der Waals surface area contributed by atoms with Crippen molar-refractivity contribution in [3.05, 3.63) is 42.7 Å². The van der Waals surface area contributed by atoms with E-state index in [9.17, 15) is 0 Å². The molecule has 0 unspecified atom stereocenters. The number of nitrogens with zero attached hydrogens (tertiary/aromatic N) is 2. The quantitative estimate of drug-likeness (QED) is 0.695. The van der Waals surface area contributed by atoms with Gasteiger partial charge in [0.15, 0.2) is 5.13 Å². The minimum absolute atomic E-state index is 0.586. The van der Waals surface area contributed by atoms with Crippen molar-refractivity contribution >= 4 is 27.4 Å². The van der Waals surface area contributed by atoms with Gasteiger partial charge in [0.25, 0.3) is 0 Å². The summed E-state index contributed by atoms with van der Waals surface area (Å²) in [7, 11) is 0. The van der Waals surface area contributed by atoms with Crippen molar-refractivity contribution in [2.45, 2.75) is 0 Å². The molecule has 0 aliphatic carbocycles. The standard InChI is InChI=1S/C12H9N3S/c13-12-15-7-11(16-12)9-5-8-3-1-2-4-10(8)14-6-9/h1-7H,(H2,13,15). The van der Waals surface area contributed by atoms with E-state index in [4.69, 9.17) is 5.73 Å². The van der Waals surface area contributed by atoms with Crippen LogP contribution >= 0.6 is 11.3 Å². The molecule has 16 heavy (non-hydrogen) atoms. The maximum atomic E-state index is 5.62. The average Bonchev–Trinajstić information content (AvgIpc) is 2.75. The normalized spacial score (nSPS) is 10.8. The zero-order valence-corrected chi connectivity index (χ0v) is 9.24. The predicted molar refractivity (Wildman–Crippen MR) is 67.3 cm³/mol. The minimum atomic E-state index is 0.586. The summed E-state index contributed by atoms with van der Waals surface area (Å²) in [5.41, 5.74) is 7.68. The van der Waals surface area contributed by atoms with Crippen LogP contribution in [-0.4, -0.2) is 9.97 Å². The summed E-state index contributed by atoms with van der Waals surface area (Å²) in [5, 5.41) is 1.72. The highest BCUT2D eigenvalue weighted by atomic mass is 32.1. The van der Waals surface area contributed by atoms with Crippen molar-refractivity contribution in [2.75, 3.05) is 5.73 Å². The van der Waals surface area contributed by atoms with Gasteiger partial charge in [-0.15, -0.1) is 0 Å². The van der Waals surface area contributed by atoms with E-state index < -0.39 is 0 Å². The molecule has 0 radical (unpaired) electrons. The van der Waals surface area contributed by atoms with Gasteiger partial charge in [-0.25, -0.2) is 4.98 Å². The number of para-hydroxylation sites is 1. The number of anilines is 1. The van der Waals surface area contributed by atoms with E-state index >= 15 is 0 Å². The fourth-order valence-corrected chi connectivity index (χ4v) is 2.29. The largest absolute Gasteiger partial charge is 0.375 e. The first-order valence-electron chi connectivity index (χ1n) is 4.89. The van der Waals surface area contributed by atoms with E-state index in [2.05, 4.69) is 22.1 Å². The molecular weight excluding hydrogens is 218 g/mol. The molecule has 0 amide bonds. The molecule has 3 rings (SSSR count). The molecule has 0 atom stereocenters. The maximum absolute atomic E-state index is 5.62. The van der Waals surface area contributed by atoms with E-state index in [1.165, 1.54) is 11.3 Å². The van der Waals surface area contributed by atoms with E-state index in [0.29, 0.717) is 5.13 Å². The topological polar surface area (TPSA) is 51.8 Å². The first kappa shape index (κ1) is 9.30. The lowest BCUT2D eigenvalue weighted by atomic mass is 10.1. The van der Waals surface area contributed by atoms with E-state index in [1.807, 2.05) is 24.4 Å². The second-order valence-corrected chi connectivity index (χ2v) is 4.54. The monoisotopic (exact) mass is 227 g/mol. The van der Waals surface area contributed by atoms with Crippen LogP contribution in [0.4, 0.5) is 5.13 Å². The molecule has 0 fully saturated rings. The van der Waals surface area contributed by atoms with Gasteiger partial charge in [0, 0.05) is 23.3 Å². The molecule has 3 nitrogen and oxygen atoms in total. The molecule has 0 bridgehead atoms. The van der Waals surface area contributed by atoms with Gasteiger partial charge in [-0.3, -0.25) is 4.98 Å². The number of benzene rings is 1. The lowest BCUT2D eigenvalue weighted by Crippen LogP contribution is -1.80. The molecule has 0 saturated heterocycles. The van der Waals surface area contributed by atoms with Crippen LogP contribution in [-0.2, 0) is 0 Å². The molecular formula is C12H9N3S. The van der Waals surface area contributed by atoms with Crippen LogP contribution in [0, 0.1) is 0 Å². The van der Waals surface area contributed by atoms with E-state index in [-0.39, 0.29) is 0 Å². The third-order valence-electron chi connectivity index (χ3n) is 2.40. The summed E-state index contributed by atoms with van der Waals surface area (Å²) in [6.07, 6.45) is 3.64. The highest BCUT2D eigenvalue weighted by molar-refractivity contribution is 7.18. The zero-order valence-electron chi connectivity index (χ0n) is 8.42. The van der Waals surface area contributed by atoms with Gasteiger partial charge in [0.05, 0.1) is 10.4 Å². The predicted octanol–water partition coefficient (Wildman–Crippen LogP) is 2.94. The molecule has 2 N–H and O–H groups in total. The average molecular weight is 227 g/mol. The number of hydrogen-bond acceptors (Lipinski definition) is 4. The number of pyridine rings is 1. The van der Waals surface area contributed by atoms with Crippen LogP contribution in [0.1, 0.15) is 0 Å². The smallest absolute Gasteiger partial charge is 0.180 e. The van der Waals surface area contributed by atoms with Crippen molar-refractivity contribution < 1.29 is 0 Å². The van der Waals surface area contributed by atoms with Crippen LogP contribution in [0.2, 0.25) is 0 Å². The summed E-state index contributed by atoms with van der Waals surface area (Å²) in [6.45, 7) is 0. The second kappa shape index (κ2) is 3.57. The van der Waals surface area contributed by atoms with Crippen molar-refractivity contribution in [2.24, 2.45) is 0 Å². The Labute approximate surface area is 96.6 Å². The molecule has 0 spiro atoms. The molecule has 2 heterocycles. The van der Waals surface area contributed by atoms with Crippen LogP contribution < -0.4 is 5.73 Å². The molecule has 78 valence electrons. The summed E-state index contributed by atoms with van der Waals surface area (Å²) < 4.78 is 0. The summed E-state index contributed by atoms with van der Waals surface area (Å²) in [4.78, 5) is 9.50. The number of nitrogens with two attached hydrogens (primary N) is 1. The summed E-state index contributed by atoms with van der Waals surface area (Å²) in [5.74, 6) is 0. The van der Waals surface area contributed by atoms with Gasteiger partial charge in [-0.05, 0) is 12.1 Å². The summed E-state index contributed by atoms with van der Waals surface area (Å²) >= 11 is 1.48. The number of hydrogen-bond donors (Lipinski definition) is 1. The van der Waals surface area contributed by atoms with Gasteiger partial charge in [0.2, 0.25) is 0 Å². The molecule has 0 aliphatic rings. The Morgan fingerprint density at radius 1 is 1.06 bits per heavy atom. The molecule has 2 aromatic heterocycles. The summed E-state index contributed by atoms with van der Waals surface area (Å²) in [6, 6.07) is 10.2. The molecule has 0 aliphatic heterocycles. The number of nitrogen functional groups attached to an aromatic ring is 1. The number of aromatic nitrogens is 2. The van der Waals surface area contributed by atoms with Crippen LogP contribution in [0.5, 0.6) is 0 Å². The third kappa shape index (κ3) is 1.53. The molecule has 4 heteroatoms. The van der Waals surface area contributed by atoms with Crippen LogP contribution in [0.25, 0.3) is 21.3 Å². The number of thiazole rings is 1. The van der Waals surface area contributed by atoms with Crippen molar-refractivity contribution in [3.63, 3.8) is 0 Å². The molecule has 3 aromatic rings. The number of rotatable bonds is 1. The van der Waals surface area contributed by atoms with Crippen molar-refractivity contribution in [3.8, 4) is 10.4 Å². The van der Waals surface area contributed by atoms with Crippen molar-refractivity contribution in [1.82, 2.24) is 9.97 Å². The first-order chi connectivity index (χ1) is 7.83.